The SMILES string of the molecule is CCN1CCN(S(=O)(=O)c2ccc3c(c2)OCCO3)C[C@H]1c1ncc[nH]1. The van der Waals surface area contributed by atoms with Crippen LogP contribution < -0.4 is 9.47 Å². The third-order valence-corrected chi connectivity index (χ3v) is 6.71. The van der Waals surface area contributed by atoms with Crippen LogP contribution in [0.25, 0.3) is 0 Å². The van der Waals surface area contributed by atoms with Crippen LogP contribution >= 0.6 is 0 Å². The second kappa shape index (κ2) is 6.90. The van der Waals surface area contributed by atoms with Crippen LogP contribution in [0.15, 0.2) is 35.5 Å². The lowest BCUT2D eigenvalue weighted by Gasteiger charge is -2.39. The van der Waals surface area contributed by atoms with Crippen LogP contribution in [0, 0.1) is 0 Å². The van der Waals surface area contributed by atoms with E-state index in [1.165, 1.54) is 4.31 Å². The zero-order chi connectivity index (χ0) is 18.1. The minimum Gasteiger partial charge on any atom is -0.486 e. The average Bonchev–Trinajstić information content (AvgIpc) is 3.21. The molecule has 26 heavy (non-hydrogen) atoms. The summed E-state index contributed by atoms with van der Waals surface area (Å²) >= 11 is 0. The second-order valence-corrected chi connectivity index (χ2v) is 8.23. The quantitative estimate of drug-likeness (QED) is 0.862. The molecule has 140 valence electrons. The Morgan fingerprint density at radius 1 is 1.23 bits per heavy atom. The van der Waals surface area contributed by atoms with Gasteiger partial charge in [-0.15, -0.1) is 0 Å². The van der Waals surface area contributed by atoms with E-state index in [1.807, 2.05) is 0 Å². The van der Waals surface area contributed by atoms with Crippen LogP contribution in [-0.2, 0) is 10.0 Å². The third-order valence-electron chi connectivity index (χ3n) is 4.85. The number of imidazole rings is 1. The fourth-order valence-electron chi connectivity index (χ4n) is 3.44. The van der Waals surface area contributed by atoms with Crippen LogP contribution in [0.1, 0.15) is 18.8 Å². The van der Waals surface area contributed by atoms with Gasteiger partial charge < -0.3 is 14.5 Å². The predicted molar refractivity (Wildman–Crippen MR) is 94.8 cm³/mol. The van der Waals surface area contributed by atoms with Crippen molar-refractivity contribution in [3.05, 3.63) is 36.4 Å². The van der Waals surface area contributed by atoms with Gasteiger partial charge in [0.25, 0.3) is 0 Å². The van der Waals surface area contributed by atoms with Crippen molar-refractivity contribution in [2.75, 3.05) is 39.4 Å². The number of benzene rings is 1. The highest BCUT2D eigenvalue weighted by atomic mass is 32.2. The molecule has 0 aliphatic carbocycles. The molecule has 0 bridgehead atoms. The standard InChI is InChI=1S/C17H22N4O4S/c1-2-20-7-8-21(12-14(20)17-18-5-6-19-17)26(22,23)13-3-4-15-16(11-13)25-10-9-24-15/h3-6,11,14H,2,7-10,12H2,1H3,(H,18,19)/t14-/m0/s1. The number of nitrogens with one attached hydrogen (secondary N) is 1. The van der Waals surface area contributed by atoms with Gasteiger partial charge in [-0.25, -0.2) is 13.4 Å². The van der Waals surface area contributed by atoms with E-state index in [0.29, 0.717) is 44.3 Å². The molecule has 9 heteroatoms. The van der Waals surface area contributed by atoms with Gasteiger partial charge in [-0.1, -0.05) is 6.92 Å². The Balaban J connectivity index is 1.61. The maximum Gasteiger partial charge on any atom is 0.243 e. The van der Waals surface area contributed by atoms with E-state index in [0.717, 1.165) is 12.4 Å². The summed E-state index contributed by atoms with van der Waals surface area (Å²) in [5.41, 5.74) is 0. The van der Waals surface area contributed by atoms with Gasteiger partial charge in [-0.3, -0.25) is 4.90 Å². The molecule has 1 aromatic carbocycles. The monoisotopic (exact) mass is 378 g/mol. The Kier molecular flexibility index (Phi) is 4.60. The molecule has 1 atom stereocenters. The molecule has 0 amide bonds. The third kappa shape index (κ3) is 3.06. The number of hydrogen-bond donors (Lipinski definition) is 1. The van der Waals surface area contributed by atoms with Gasteiger partial charge in [0, 0.05) is 38.1 Å². The van der Waals surface area contributed by atoms with Crippen LogP contribution in [-0.4, -0.2) is 67.0 Å². The number of hydrogen-bond acceptors (Lipinski definition) is 6. The number of sulfonamides is 1. The highest BCUT2D eigenvalue weighted by molar-refractivity contribution is 7.89. The molecule has 0 radical (unpaired) electrons. The molecule has 3 heterocycles. The Labute approximate surface area is 152 Å². The van der Waals surface area contributed by atoms with Gasteiger partial charge in [0.15, 0.2) is 11.5 Å². The maximum absolute atomic E-state index is 13.2. The first kappa shape index (κ1) is 17.3. The minimum absolute atomic E-state index is 0.0873. The average molecular weight is 378 g/mol. The van der Waals surface area contributed by atoms with E-state index in [-0.39, 0.29) is 10.9 Å². The number of nitrogens with zero attached hydrogens (tertiary/aromatic N) is 3. The van der Waals surface area contributed by atoms with Gasteiger partial charge >= 0.3 is 0 Å². The lowest BCUT2D eigenvalue weighted by molar-refractivity contribution is 0.119. The van der Waals surface area contributed by atoms with Gasteiger partial charge in [-0.05, 0) is 18.7 Å². The van der Waals surface area contributed by atoms with Gasteiger partial charge in [0.1, 0.15) is 19.0 Å². The fourth-order valence-corrected chi connectivity index (χ4v) is 4.90. The number of aromatic nitrogens is 2. The van der Waals surface area contributed by atoms with Crippen molar-refractivity contribution in [1.82, 2.24) is 19.2 Å². The van der Waals surface area contributed by atoms with Crippen molar-refractivity contribution in [1.29, 1.82) is 0 Å². The second-order valence-electron chi connectivity index (χ2n) is 6.29. The molecular weight excluding hydrogens is 356 g/mol. The zero-order valence-corrected chi connectivity index (χ0v) is 15.4. The Morgan fingerprint density at radius 2 is 2.04 bits per heavy atom. The number of piperazine rings is 1. The summed E-state index contributed by atoms with van der Waals surface area (Å²) in [7, 11) is -3.62. The first-order valence-electron chi connectivity index (χ1n) is 8.72. The number of H-pyrrole nitrogens is 1. The fraction of sp³-hybridized carbons (Fsp3) is 0.471. The molecular formula is C17H22N4O4S. The normalized spacial score (nSPS) is 21.7. The van der Waals surface area contributed by atoms with Crippen molar-refractivity contribution in [2.45, 2.75) is 17.9 Å². The molecule has 2 aliphatic heterocycles. The van der Waals surface area contributed by atoms with Crippen molar-refractivity contribution in [2.24, 2.45) is 0 Å². The highest BCUT2D eigenvalue weighted by Crippen LogP contribution is 2.34. The number of fused-ring (bicyclic) bond motifs is 1. The number of rotatable bonds is 4. The van der Waals surface area contributed by atoms with Gasteiger partial charge in [0.05, 0.1) is 10.9 Å². The van der Waals surface area contributed by atoms with Crippen LogP contribution in [0.3, 0.4) is 0 Å². The van der Waals surface area contributed by atoms with E-state index in [1.54, 1.807) is 30.6 Å². The maximum atomic E-state index is 13.2. The smallest absolute Gasteiger partial charge is 0.243 e. The van der Waals surface area contributed by atoms with E-state index in [9.17, 15) is 8.42 Å². The van der Waals surface area contributed by atoms with E-state index < -0.39 is 10.0 Å². The molecule has 1 fully saturated rings. The minimum atomic E-state index is -3.62. The molecule has 2 aliphatic rings. The summed E-state index contributed by atoms with van der Waals surface area (Å²) in [5.74, 6) is 1.85. The highest BCUT2D eigenvalue weighted by Gasteiger charge is 2.36. The molecule has 1 N–H and O–H groups in total. The number of ether oxygens (including phenoxy) is 2. The van der Waals surface area contributed by atoms with Gasteiger partial charge in [0.2, 0.25) is 10.0 Å². The molecule has 0 spiro atoms. The van der Waals surface area contributed by atoms with E-state index in [4.69, 9.17) is 9.47 Å². The first-order valence-corrected chi connectivity index (χ1v) is 10.2. The molecule has 1 saturated heterocycles. The number of likely N-dealkylation sites (N-methyl/N-ethyl adjacent to an activating group) is 1. The zero-order valence-electron chi connectivity index (χ0n) is 14.6. The lowest BCUT2D eigenvalue weighted by Crippen LogP contribution is -2.50. The Hall–Kier alpha value is -2.10. The number of aromatic amines is 1. The summed E-state index contributed by atoms with van der Waals surface area (Å²) in [6.45, 7) is 5.27. The largest absolute Gasteiger partial charge is 0.486 e. The topological polar surface area (TPSA) is 87.8 Å². The van der Waals surface area contributed by atoms with Crippen LogP contribution in [0.2, 0.25) is 0 Å². The molecule has 2 aromatic rings. The lowest BCUT2D eigenvalue weighted by atomic mass is 10.2. The molecule has 0 unspecified atom stereocenters. The van der Waals surface area contributed by atoms with Gasteiger partial charge in [-0.2, -0.15) is 4.31 Å². The van der Waals surface area contributed by atoms with Crippen molar-refractivity contribution in [3.63, 3.8) is 0 Å². The molecule has 0 saturated carbocycles. The van der Waals surface area contributed by atoms with Crippen molar-refractivity contribution < 1.29 is 17.9 Å². The predicted octanol–water partition coefficient (Wildman–Crippen LogP) is 1.25. The summed E-state index contributed by atoms with van der Waals surface area (Å²) in [6.07, 6.45) is 3.45. The molecule has 1 aromatic heterocycles. The van der Waals surface area contributed by atoms with E-state index in [2.05, 4.69) is 21.8 Å². The summed E-state index contributed by atoms with van der Waals surface area (Å²) in [6, 6.07) is 4.71. The summed E-state index contributed by atoms with van der Waals surface area (Å²) in [4.78, 5) is 9.90. The summed E-state index contributed by atoms with van der Waals surface area (Å²) < 4.78 is 38.9. The van der Waals surface area contributed by atoms with Crippen LogP contribution in [0.5, 0.6) is 11.5 Å². The van der Waals surface area contributed by atoms with Crippen LogP contribution in [0.4, 0.5) is 0 Å². The Morgan fingerprint density at radius 3 is 2.77 bits per heavy atom. The van der Waals surface area contributed by atoms with Crippen molar-refractivity contribution in [3.8, 4) is 11.5 Å². The molecule has 8 nitrogen and oxygen atoms in total. The van der Waals surface area contributed by atoms with E-state index >= 15 is 0 Å². The Bertz CT molecular complexity index is 869. The first-order chi connectivity index (χ1) is 12.6. The van der Waals surface area contributed by atoms with Crippen molar-refractivity contribution >= 4 is 10.0 Å². The molecule has 4 rings (SSSR count). The summed E-state index contributed by atoms with van der Waals surface area (Å²) in [5, 5.41) is 0.